The Kier molecular flexibility index (Phi) is 2.67. The average molecular weight is 245 g/mol. The lowest BCUT2D eigenvalue weighted by atomic mass is 9.57. The summed E-state index contributed by atoms with van der Waals surface area (Å²) in [7, 11) is 2.26. The molecule has 1 saturated heterocycles. The molecule has 2 aliphatic rings. The van der Waals surface area contributed by atoms with Crippen LogP contribution in [-0.2, 0) is 11.8 Å². The van der Waals surface area contributed by atoms with Crippen molar-refractivity contribution in [2.24, 2.45) is 5.92 Å². The van der Waals surface area contributed by atoms with Crippen molar-refractivity contribution >= 4 is 0 Å². The molecule has 0 unspecified atom stereocenters. The summed E-state index contributed by atoms with van der Waals surface area (Å²) in [6.07, 6.45) is 3.57. The molecule has 1 aliphatic heterocycles. The smallest absolute Gasteiger partial charge is 0.115 e. The summed E-state index contributed by atoms with van der Waals surface area (Å²) in [6.45, 7) is 5.88. The zero-order valence-electron chi connectivity index (χ0n) is 11.6. The molecule has 2 nitrogen and oxygen atoms in total. The molecule has 0 spiro atoms. The van der Waals surface area contributed by atoms with Crippen LogP contribution >= 0.6 is 0 Å². The van der Waals surface area contributed by atoms with Gasteiger partial charge in [0.1, 0.15) is 5.75 Å². The van der Waals surface area contributed by atoms with Crippen LogP contribution in [-0.4, -0.2) is 29.6 Å². The molecular formula is C16H23NO. The highest BCUT2D eigenvalue weighted by Gasteiger charge is 2.48. The molecule has 0 radical (unpaired) electrons. The van der Waals surface area contributed by atoms with Gasteiger partial charge in [-0.1, -0.05) is 26.3 Å². The van der Waals surface area contributed by atoms with Gasteiger partial charge in [-0.05, 0) is 61.0 Å². The molecule has 0 aromatic heterocycles. The molecule has 0 amide bonds. The molecule has 1 aromatic carbocycles. The van der Waals surface area contributed by atoms with Crippen LogP contribution in [0.15, 0.2) is 18.2 Å². The van der Waals surface area contributed by atoms with Crippen molar-refractivity contribution in [2.75, 3.05) is 13.6 Å². The number of nitrogens with zero attached hydrogens (tertiary/aromatic N) is 1. The SMILES string of the molecule is CC[C@@H]1[C@H]2Cc3ccc(O)cc3[C@]1(C)CCN2C. The summed E-state index contributed by atoms with van der Waals surface area (Å²) in [6, 6.07) is 6.65. The van der Waals surface area contributed by atoms with Gasteiger partial charge in [0, 0.05) is 6.04 Å². The standard InChI is InChI=1S/C16H23NO/c1-4-13-15-9-11-5-6-12(18)10-14(11)16(13,2)7-8-17(15)3/h5-6,10,13,15,18H,4,7-9H2,1-3H3/t13-,15-,16-/m1/s1. The van der Waals surface area contributed by atoms with Crippen molar-refractivity contribution in [1.82, 2.24) is 4.90 Å². The maximum atomic E-state index is 9.80. The van der Waals surface area contributed by atoms with Crippen molar-refractivity contribution in [3.05, 3.63) is 29.3 Å². The third-order valence-electron chi connectivity index (χ3n) is 5.41. The normalized spacial score (nSPS) is 35.3. The van der Waals surface area contributed by atoms with Gasteiger partial charge in [-0.3, -0.25) is 0 Å². The number of piperidine rings is 1. The Morgan fingerprint density at radius 1 is 1.44 bits per heavy atom. The van der Waals surface area contributed by atoms with Crippen molar-refractivity contribution in [1.29, 1.82) is 0 Å². The average Bonchev–Trinajstić information content (AvgIpc) is 2.35. The Morgan fingerprint density at radius 2 is 2.22 bits per heavy atom. The van der Waals surface area contributed by atoms with E-state index in [0.29, 0.717) is 17.7 Å². The van der Waals surface area contributed by atoms with Crippen molar-refractivity contribution in [3.8, 4) is 5.75 Å². The maximum absolute atomic E-state index is 9.80. The van der Waals surface area contributed by atoms with Gasteiger partial charge in [0.15, 0.2) is 0 Å². The van der Waals surface area contributed by atoms with Crippen LogP contribution in [0.4, 0.5) is 0 Å². The Morgan fingerprint density at radius 3 is 2.94 bits per heavy atom. The molecule has 3 atom stereocenters. The summed E-state index contributed by atoms with van der Waals surface area (Å²) >= 11 is 0. The van der Waals surface area contributed by atoms with Crippen LogP contribution < -0.4 is 0 Å². The first-order valence-electron chi connectivity index (χ1n) is 7.09. The molecule has 1 aromatic rings. The zero-order valence-corrected chi connectivity index (χ0v) is 11.6. The number of aromatic hydroxyl groups is 1. The van der Waals surface area contributed by atoms with Crippen LogP contribution in [0.1, 0.15) is 37.8 Å². The Bertz CT molecular complexity index is 470. The summed E-state index contributed by atoms with van der Waals surface area (Å²) in [4.78, 5) is 2.53. The van der Waals surface area contributed by atoms with Gasteiger partial charge in [-0.25, -0.2) is 0 Å². The van der Waals surface area contributed by atoms with Crippen LogP contribution in [0.2, 0.25) is 0 Å². The van der Waals surface area contributed by atoms with E-state index < -0.39 is 0 Å². The van der Waals surface area contributed by atoms with Gasteiger partial charge in [0.2, 0.25) is 0 Å². The van der Waals surface area contributed by atoms with Gasteiger partial charge in [0.25, 0.3) is 0 Å². The zero-order chi connectivity index (χ0) is 12.9. The first-order chi connectivity index (χ1) is 8.56. The third kappa shape index (κ3) is 1.51. The van der Waals surface area contributed by atoms with E-state index in [-0.39, 0.29) is 5.41 Å². The monoisotopic (exact) mass is 245 g/mol. The van der Waals surface area contributed by atoms with Gasteiger partial charge in [-0.15, -0.1) is 0 Å². The summed E-state index contributed by atoms with van der Waals surface area (Å²) in [5.74, 6) is 1.13. The molecule has 1 N–H and O–H groups in total. The molecular weight excluding hydrogens is 222 g/mol. The topological polar surface area (TPSA) is 23.5 Å². The summed E-state index contributed by atoms with van der Waals surface area (Å²) in [5.41, 5.74) is 3.09. The fraction of sp³-hybridized carbons (Fsp3) is 0.625. The van der Waals surface area contributed by atoms with Gasteiger partial charge >= 0.3 is 0 Å². The highest BCUT2D eigenvalue weighted by molar-refractivity contribution is 5.44. The molecule has 3 rings (SSSR count). The van der Waals surface area contributed by atoms with Crippen molar-refractivity contribution in [2.45, 2.75) is 44.6 Å². The minimum atomic E-state index is 0.248. The van der Waals surface area contributed by atoms with Crippen LogP contribution in [0.5, 0.6) is 5.75 Å². The molecule has 1 fully saturated rings. The molecule has 1 heterocycles. The summed E-state index contributed by atoms with van der Waals surface area (Å²) < 4.78 is 0. The van der Waals surface area contributed by atoms with E-state index in [4.69, 9.17) is 0 Å². The Labute approximate surface area is 110 Å². The van der Waals surface area contributed by atoms with Gasteiger partial charge < -0.3 is 10.0 Å². The second-order valence-electron chi connectivity index (χ2n) is 6.28. The fourth-order valence-electron chi connectivity index (χ4n) is 4.35. The minimum Gasteiger partial charge on any atom is -0.508 e. The van der Waals surface area contributed by atoms with Crippen LogP contribution in [0, 0.1) is 5.92 Å². The van der Waals surface area contributed by atoms with E-state index in [1.165, 1.54) is 30.5 Å². The van der Waals surface area contributed by atoms with Gasteiger partial charge in [-0.2, -0.15) is 0 Å². The number of likely N-dealkylation sites (tertiary alicyclic amines) is 1. The molecule has 18 heavy (non-hydrogen) atoms. The van der Waals surface area contributed by atoms with Crippen molar-refractivity contribution in [3.63, 3.8) is 0 Å². The van der Waals surface area contributed by atoms with E-state index >= 15 is 0 Å². The fourth-order valence-corrected chi connectivity index (χ4v) is 4.35. The summed E-state index contributed by atoms with van der Waals surface area (Å²) in [5, 5.41) is 9.80. The van der Waals surface area contributed by atoms with E-state index in [9.17, 15) is 5.11 Å². The first-order valence-corrected chi connectivity index (χ1v) is 7.09. The quantitative estimate of drug-likeness (QED) is 0.822. The third-order valence-corrected chi connectivity index (χ3v) is 5.41. The number of phenolic OH excluding ortho intramolecular Hbond substituents is 1. The number of rotatable bonds is 1. The highest BCUT2D eigenvalue weighted by Crippen LogP contribution is 2.50. The van der Waals surface area contributed by atoms with Crippen LogP contribution in [0.25, 0.3) is 0 Å². The largest absolute Gasteiger partial charge is 0.508 e. The second kappa shape index (κ2) is 3.99. The first kappa shape index (κ1) is 12.0. The molecule has 1 aliphatic carbocycles. The highest BCUT2D eigenvalue weighted by atomic mass is 16.3. The van der Waals surface area contributed by atoms with Crippen LogP contribution in [0.3, 0.4) is 0 Å². The number of hydrogen-bond acceptors (Lipinski definition) is 2. The molecule has 2 heteroatoms. The second-order valence-corrected chi connectivity index (χ2v) is 6.28. The Hall–Kier alpha value is -1.02. The predicted molar refractivity (Wildman–Crippen MR) is 74.0 cm³/mol. The number of hydrogen-bond donors (Lipinski definition) is 1. The van der Waals surface area contributed by atoms with E-state index in [1.807, 2.05) is 12.1 Å². The predicted octanol–water partition coefficient (Wildman–Crippen LogP) is 2.94. The number of likely N-dealkylation sites (N-methyl/N-ethyl adjacent to an activating group) is 1. The van der Waals surface area contributed by atoms with E-state index in [0.717, 1.165) is 6.42 Å². The lowest BCUT2D eigenvalue weighted by Gasteiger charge is -2.54. The van der Waals surface area contributed by atoms with Gasteiger partial charge in [0.05, 0.1) is 0 Å². The molecule has 0 saturated carbocycles. The minimum absolute atomic E-state index is 0.248. The van der Waals surface area contributed by atoms with Crippen molar-refractivity contribution < 1.29 is 5.11 Å². The lowest BCUT2D eigenvalue weighted by Crippen LogP contribution is -2.57. The van der Waals surface area contributed by atoms with E-state index in [2.05, 4.69) is 31.9 Å². The number of fused-ring (bicyclic) bond motifs is 4. The number of phenols is 1. The lowest BCUT2D eigenvalue weighted by molar-refractivity contribution is 0.0376. The Balaban J connectivity index is 2.15. The maximum Gasteiger partial charge on any atom is 0.115 e. The molecule has 98 valence electrons. The molecule has 2 bridgehead atoms. The van der Waals surface area contributed by atoms with E-state index in [1.54, 1.807) is 0 Å². The number of benzene rings is 1.